The number of rotatable bonds is 2. The number of phenolic OH excluding ortho intramolecular Hbond substituents is 1. The quantitative estimate of drug-likeness (QED) is 0.777. The van der Waals surface area contributed by atoms with Crippen molar-refractivity contribution >= 4 is 6.21 Å². The van der Waals surface area contributed by atoms with Gasteiger partial charge in [0.2, 0.25) is 0 Å². The maximum absolute atomic E-state index is 9.78. The Morgan fingerprint density at radius 3 is 2.50 bits per heavy atom. The highest BCUT2D eigenvalue weighted by Crippen LogP contribution is 2.25. The Labute approximate surface area is 94.1 Å². The summed E-state index contributed by atoms with van der Waals surface area (Å²) in [6.07, 6.45) is 5.09. The average molecular weight is 212 g/mol. The predicted octanol–water partition coefficient (Wildman–Crippen LogP) is 2.50. The average Bonchev–Trinajstić information content (AvgIpc) is 2.33. The molecule has 2 rings (SSSR count). The summed E-state index contributed by atoms with van der Waals surface area (Å²) in [7, 11) is 1.68. The maximum Gasteiger partial charge on any atom is 0.124 e. The second-order valence-corrected chi connectivity index (χ2v) is 3.40. The zero-order chi connectivity index (χ0) is 11.4. The van der Waals surface area contributed by atoms with Crippen LogP contribution >= 0.6 is 0 Å². The highest BCUT2D eigenvalue weighted by molar-refractivity contribution is 5.85. The summed E-state index contributed by atoms with van der Waals surface area (Å²) in [5.41, 5.74) is 2.72. The van der Waals surface area contributed by atoms with Crippen LogP contribution in [0, 0.1) is 0 Å². The van der Waals surface area contributed by atoms with Gasteiger partial charge in [0.25, 0.3) is 0 Å². The molecule has 0 amide bonds. The number of hydrogen-bond donors (Lipinski definition) is 1. The van der Waals surface area contributed by atoms with Crippen molar-refractivity contribution in [2.75, 3.05) is 7.05 Å². The van der Waals surface area contributed by atoms with Gasteiger partial charge in [0.15, 0.2) is 0 Å². The molecule has 0 saturated carbocycles. The number of aromatic nitrogens is 1. The van der Waals surface area contributed by atoms with Crippen molar-refractivity contribution in [2.24, 2.45) is 4.99 Å². The Hall–Kier alpha value is -2.16. The summed E-state index contributed by atoms with van der Waals surface area (Å²) in [5.74, 6) is 0.236. The van der Waals surface area contributed by atoms with Gasteiger partial charge in [-0.2, -0.15) is 0 Å². The number of aliphatic imine (C=N–C) groups is 1. The first-order chi connectivity index (χ1) is 7.81. The minimum atomic E-state index is 0.236. The largest absolute Gasteiger partial charge is 0.507 e. The Bertz CT molecular complexity index is 507. The smallest absolute Gasteiger partial charge is 0.124 e. The normalized spacial score (nSPS) is 10.8. The predicted molar refractivity (Wildman–Crippen MR) is 64.9 cm³/mol. The van der Waals surface area contributed by atoms with E-state index in [-0.39, 0.29) is 5.75 Å². The van der Waals surface area contributed by atoms with Gasteiger partial charge in [-0.15, -0.1) is 0 Å². The molecular weight excluding hydrogens is 200 g/mol. The first kappa shape index (κ1) is 10.4. The zero-order valence-corrected chi connectivity index (χ0v) is 8.96. The van der Waals surface area contributed by atoms with Crippen LogP contribution in [0.1, 0.15) is 5.56 Å². The van der Waals surface area contributed by atoms with Crippen molar-refractivity contribution in [1.29, 1.82) is 0 Å². The zero-order valence-electron chi connectivity index (χ0n) is 8.96. The van der Waals surface area contributed by atoms with Crippen molar-refractivity contribution in [3.05, 3.63) is 48.3 Å². The van der Waals surface area contributed by atoms with E-state index in [9.17, 15) is 5.11 Å². The van der Waals surface area contributed by atoms with Gasteiger partial charge in [-0.05, 0) is 35.4 Å². The van der Waals surface area contributed by atoms with Crippen LogP contribution in [0.2, 0.25) is 0 Å². The number of nitrogens with zero attached hydrogens (tertiary/aromatic N) is 2. The lowest BCUT2D eigenvalue weighted by atomic mass is 10.0. The van der Waals surface area contributed by atoms with Crippen LogP contribution in [0.4, 0.5) is 0 Å². The van der Waals surface area contributed by atoms with Gasteiger partial charge in [-0.25, -0.2) is 0 Å². The SMILES string of the molecule is CN=Cc1ccc(-c2ccncc2)cc1O. The molecule has 16 heavy (non-hydrogen) atoms. The summed E-state index contributed by atoms with van der Waals surface area (Å²) in [6.45, 7) is 0. The molecule has 1 aromatic carbocycles. The standard InChI is InChI=1S/C13H12N2O/c1-14-9-12-3-2-11(8-13(12)16)10-4-6-15-7-5-10/h2-9,16H,1H3. The van der Waals surface area contributed by atoms with Gasteiger partial charge < -0.3 is 5.11 Å². The second-order valence-electron chi connectivity index (χ2n) is 3.40. The first-order valence-electron chi connectivity index (χ1n) is 4.97. The van der Waals surface area contributed by atoms with Crippen molar-refractivity contribution in [1.82, 2.24) is 4.98 Å². The van der Waals surface area contributed by atoms with Crippen molar-refractivity contribution in [2.45, 2.75) is 0 Å². The lowest BCUT2D eigenvalue weighted by molar-refractivity contribution is 0.474. The molecule has 1 N–H and O–H groups in total. The fourth-order valence-electron chi connectivity index (χ4n) is 1.52. The topological polar surface area (TPSA) is 45.5 Å². The molecule has 1 aromatic heterocycles. The van der Waals surface area contributed by atoms with E-state index in [1.807, 2.05) is 24.3 Å². The number of benzene rings is 1. The number of hydrogen-bond acceptors (Lipinski definition) is 3. The van der Waals surface area contributed by atoms with Gasteiger partial charge in [0, 0.05) is 31.2 Å². The van der Waals surface area contributed by atoms with E-state index in [0.717, 1.165) is 16.7 Å². The Morgan fingerprint density at radius 2 is 1.88 bits per heavy atom. The summed E-state index contributed by atoms with van der Waals surface area (Å²) in [4.78, 5) is 7.83. The van der Waals surface area contributed by atoms with Crippen LogP contribution in [-0.4, -0.2) is 23.4 Å². The lowest BCUT2D eigenvalue weighted by Crippen LogP contribution is -1.84. The van der Waals surface area contributed by atoms with Crippen LogP contribution in [0.5, 0.6) is 5.75 Å². The Morgan fingerprint density at radius 1 is 1.12 bits per heavy atom. The summed E-state index contributed by atoms with van der Waals surface area (Å²) < 4.78 is 0. The summed E-state index contributed by atoms with van der Waals surface area (Å²) in [6, 6.07) is 9.33. The minimum Gasteiger partial charge on any atom is -0.507 e. The fourth-order valence-corrected chi connectivity index (χ4v) is 1.52. The van der Waals surface area contributed by atoms with Gasteiger partial charge in [0.05, 0.1) is 0 Å². The molecule has 0 atom stereocenters. The Balaban J connectivity index is 2.42. The van der Waals surface area contributed by atoms with Crippen LogP contribution in [-0.2, 0) is 0 Å². The molecule has 0 saturated heterocycles. The molecule has 80 valence electrons. The molecule has 0 fully saturated rings. The number of aromatic hydroxyl groups is 1. The Kier molecular flexibility index (Phi) is 2.96. The molecule has 0 bridgehead atoms. The van der Waals surface area contributed by atoms with E-state index < -0.39 is 0 Å². The third kappa shape index (κ3) is 2.08. The van der Waals surface area contributed by atoms with E-state index >= 15 is 0 Å². The van der Waals surface area contributed by atoms with Crippen LogP contribution in [0.3, 0.4) is 0 Å². The molecular formula is C13H12N2O. The second kappa shape index (κ2) is 4.57. The molecule has 3 heteroatoms. The number of pyridine rings is 1. The first-order valence-corrected chi connectivity index (χ1v) is 4.97. The van der Waals surface area contributed by atoms with E-state index in [2.05, 4.69) is 9.98 Å². The molecule has 0 aliphatic carbocycles. The molecule has 1 heterocycles. The minimum absolute atomic E-state index is 0.236. The van der Waals surface area contributed by atoms with Gasteiger partial charge in [-0.1, -0.05) is 6.07 Å². The summed E-state index contributed by atoms with van der Waals surface area (Å²) >= 11 is 0. The van der Waals surface area contributed by atoms with E-state index in [4.69, 9.17) is 0 Å². The van der Waals surface area contributed by atoms with Crippen LogP contribution in [0.25, 0.3) is 11.1 Å². The van der Waals surface area contributed by atoms with E-state index in [1.165, 1.54) is 0 Å². The molecule has 0 aliphatic rings. The molecule has 0 unspecified atom stereocenters. The van der Waals surface area contributed by atoms with Crippen molar-refractivity contribution in [3.8, 4) is 16.9 Å². The third-order valence-electron chi connectivity index (χ3n) is 2.31. The molecule has 2 aromatic rings. The summed E-state index contributed by atoms with van der Waals surface area (Å²) in [5, 5.41) is 9.78. The molecule has 3 nitrogen and oxygen atoms in total. The highest BCUT2D eigenvalue weighted by Gasteiger charge is 2.02. The monoisotopic (exact) mass is 212 g/mol. The fraction of sp³-hybridized carbons (Fsp3) is 0.0769. The van der Waals surface area contributed by atoms with E-state index in [1.54, 1.807) is 31.7 Å². The van der Waals surface area contributed by atoms with Crippen LogP contribution < -0.4 is 0 Å². The van der Waals surface area contributed by atoms with E-state index in [0.29, 0.717) is 0 Å². The van der Waals surface area contributed by atoms with Gasteiger partial charge >= 0.3 is 0 Å². The number of phenols is 1. The van der Waals surface area contributed by atoms with Crippen LogP contribution in [0.15, 0.2) is 47.7 Å². The lowest BCUT2D eigenvalue weighted by Gasteiger charge is -2.04. The molecule has 0 spiro atoms. The maximum atomic E-state index is 9.78. The van der Waals surface area contributed by atoms with Crippen molar-refractivity contribution < 1.29 is 5.11 Å². The van der Waals surface area contributed by atoms with Gasteiger partial charge in [-0.3, -0.25) is 9.98 Å². The molecule has 0 aliphatic heterocycles. The molecule has 0 radical (unpaired) electrons. The van der Waals surface area contributed by atoms with Crippen molar-refractivity contribution in [3.63, 3.8) is 0 Å². The third-order valence-corrected chi connectivity index (χ3v) is 2.31. The van der Waals surface area contributed by atoms with Gasteiger partial charge in [0.1, 0.15) is 5.75 Å². The highest BCUT2D eigenvalue weighted by atomic mass is 16.3.